The van der Waals surface area contributed by atoms with Crippen LogP contribution in [-0.2, 0) is 11.2 Å². The molecule has 2 rings (SSSR count). The molecule has 1 aromatic carbocycles. The molecule has 0 saturated heterocycles. The number of hydrogen-bond donors (Lipinski definition) is 0. The third kappa shape index (κ3) is 3.76. The third-order valence-corrected chi connectivity index (χ3v) is 3.18. The second-order valence-corrected chi connectivity index (χ2v) is 4.80. The van der Waals surface area contributed by atoms with Crippen molar-refractivity contribution < 1.29 is 14.3 Å². The average Bonchev–Trinajstić information content (AvgIpc) is 2.80. The van der Waals surface area contributed by atoms with E-state index in [9.17, 15) is 4.79 Å². The van der Waals surface area contributed by atoms with Crippen molar-refractivity contribution in [1.82, 2.24) is 0 Å². The molecule has 0 spiro atoms. The molecule has 0 radical (unpaired) electrons. The highest BCUT2D eigenvalue weighted by molar-refractivity contribution is 5.75. The predicted molar refractivity (Wildman–Crippen MR) is 70.0 cm³/mol. The topological polar surface area (TPSA) is 35.5 Å². The van der Waals surface area contributed by atoms with Crippen LogP contribution < -0.4 is 9.47 Å². The summed E-state index contributed by atoms with van der Waals surface area (Å²) in [5.41, 5.74) is 1.30. The van der Waals surface area contributed by atoms with E-state index in [1.807, 2.05) is 6.07 Å². The minimum atomic E-state index is 0.297. The summed E-state index contributed by atoms with van der Waals surface area (Å²) in [6.45, 7) is 2.00. The van der Waals surface area contributed by atoms with E-state index in [0.717, 1.165) is 43.6 Å². The molecule has 18 heavy (non-hydrogen) atoms. The second kappa shape index (κ2) is 6.43. The Morgan fingerprint density at radius 1 is 1.11 bits per heavy atom. The van der Waals surface area contributed by atoms with Crippen LogP contribution >= 0.6 is 0 Å². The molecule has 98 valence electrons. The van der Waals surface area contributed by atoms with Crippen LogP contribution in [0.25, 0.3) is 0 Å². The van der Waals surface area contributed by atoms with Crippen LogP contribution in [0.3, 0.4) is 0 Å². The zero-order valence-electron chi connectivity index (χ0n) is 10.9. The number of carbonyl (C=O) groups is 1. The highest BCUT2D eigenvalue weighted by Crippen LogP contribution is 2.32. The maximum atomic E-state index is 10.8. The molecule has 0 amide bonds. The lowest BCUT2D eigenvalue weighted by atomic mass is 10.0. The van der Waals surface area contributed by atoms with Crippen molar-refractivity contribution in [2.75, 3.05) is 6.79 Å². The van der Waals surface area contributed by atoms with Gasteiger partial charge in [0.05, 0.1) is 0 Å². The molecular formula is C15H20O3. The Balaban J connectivity index is 1.66. The van der Waals surface area contributed by atoms with Gasteiger partial charge in [-0.15, -0.1) is 0 Å². The van der Waals surface area contributed by atoms with Gasteiger partial charge in [-0.3, -0.25) is 0 Å². The quantitative estimate of drug-likeness (QED) is 0.693. The van der Waals surface area contributed by atoms with Gasteiger partial charge in [-0.2, -0.15) is 0 Å². The normalized spacial score (nSPS) is 12.7. The molecule has 3 heteroatoms. The largest absolute Gasteiger partial charge is 0.454 e. The van der Waals surface area contributed by atoms with Crippen LogP contribution in [0.2, 0.25) is 0 Å². The first-order valence-electron chi connectivity index (χ1n) is 6.63. The van der Waals surface area contributed by atoms with Crippen LogP contribution in [0.1, 0.15) is 44.6 Å². The van der Waals surface area contributed by atoms with Crippen molar-refractivity contribution in [2.24, 2.45) is 0 Å². The summed E-state index contributed by atoms with van der Waals surface area (Å²) in [4.78, 5) is 10.8. The summed E-state index contributed by atoms with van der Waals surface area (Å²) in [6, 6.07) is 6.15. The molecule has 0 fully saturated rings. The first-order chi connectivity index (χ1) is 8.75. The van der Waals surface area contributed by atoms with E-state index in [1.54, 1.807) is 6.92 Å². The van der Waals surface area contributed by atoms with Gasteiger partial charge in [-0.1, -0.05) is 18.9 Å². The number of ketones is 1. The molecule has 0 atom stereocenters. The molecule has 1 heterocycles. The fraction of sp³-hybridized carbons (Fsp3) is 0.533. The summed E-state index contributed by atoms with van der Waals surface area (Å²) in [7, 11) is 0. The molecule has 0 N–H and O–H groups in total. The zero-order valence-corrected chi connectivity index (χ0v) is 10.9. The molecule has 0 aliphatic carbocycles. The summed E-state index contributed by atoms with van der Waals surface area (Å²) in [6.07, 6.45) is 6.31. The SMILES string of the molecule is CC(=O)CCCCCCc1ccc2c(c1)OCO2. The Kier molecular flexibility index (Phi) is 4.62. The molecule has 0 saturated carbocycles. The van der Waals surface area contributed by atoms with Gasteiger partial charge in [0, 0.05) is 6.42 Å². The van der Waals surface area contributed by atoms with Crippen LogP contribution in [-0.4, -0.2) is 12.6 Å². The highest BCUT2D eigenvalue weighted by Gasteiger charge is 2.12. The van der Waals surface area contributed by atoms with E-state index in [0.29, 0.717) is 12.6 Å². The number of rotatable bonds is 7. The van der Waals surface area contributed by atoms with Crippen LogP contribution in [0.5, 0.6) is 11.5 Å². The lowest BCUT2D eigenvalue weighted by Gasteiger charge is -2.03. The predicted octanol–water partition coefficient (Wildman–Crippen LogP) is 3.50. The van der Waals surface area contributed by atoms with Crippen molar-refractivity contribution in [1.29, 1.82) is 0 Å². The lowest BCUT2D eigenvalue weighted by Crippen LogP contribution is -1.93. The van der Waals surface area contributed by atoms with Gasteiger partial charge >= 0.3 is 0 Å². The number of carbonyl (C=O) groups excluding carboxylic acids is 1. The first kappa shape index (κ1) is 12.9. The second-order valence-electron chi connectivity index (χ2n) is 4.80. The van der Waals surface area contributed by atoms with Gasteiger partial charge in [0.25, 0.3) is 0 Å². The maximum Gasteiger partial charge on any atom is 0.231 e. The van der Waals surface area contributed by atoms with E-state index in [2.05, 4.69) is 12.1 Å². The molecule has 1 aliphatic heterocycles. The van der Waals surface area contributed by atoms with Gasteiger partial charge in [-0.25, -0.2) is 0 Å². The standard InChI is InChI=1S/C15H20O3/c1-12(16)6-4-2-3-5-7-13-8-9-14-15(10-13)18-11-17-14/h8-10H,2-7,11H2,1H3. The summed E-state index contributed by atoms with van der Waals surface area (Å²) in [5.74, 6) is 2.01. The van der Waals surface area contributed by atoms with E-state index in [4.69, 9.17) is 9.47 Å². The highest BCUT2D eigenvalue weighted by atomic mass is 16.7. The number of ether oxygens (including phenoxy) is 2. The third-order valence-electron chi connectivity index (χ3n) is 3.18. The van der Waals surface area contributed by atoms with Gasteiger partial charge in [0.1, 0.15) is 5.78 Å². The van der Waals surface area contributed by atoms with Gasteiger partial charge in [-0.05, 0) is 43.9 Å². The molecule has 3 nitrogen and oxygen atoms in total. The summed E-state index contributed by atoms with van der Waals surface area (Å²) < 4.78 is 10.6. The van der Waals surface area contributed by atoms with Crippen LogP contribution in [0, 0.1) is 0 Å². The number of unbranched alkanes of at least 4 members (excludes halogenated alkanes) is 3. The monoisotopic (exact) mass is 248 g/mol. The minimum Gasteiger partial charge on any atom is -0.454 e. The van der Waals surface area contributed by atoms with E-state index in [1.165, 1.54) is 12.0 Å². The maximum absolute atomic E-state index is 10.8. The zero-order chi connectivity index (χ0) is 12.8. The van der Waals surface area contributed by atoms with Crippen molar-refractivity contribution in [3.63, 3.8) is 0 Å². The van der Waals surface area contributed by atoms with E-state index >= 15 is 0 Å². The van der Waals surface area contributed by atoms with Gasteiger partial charge in [0.15, 0.2) is 11.5 Å². The number of fused-ring (bicyclic) bond motifs is 1. The Morgan fingerprint density at radius 3 is 2.72 bits per heavy atom. The molecule has 0 aromatic heterocycles. The molecule has 0 bridgehead atoms. The number of hydrogen-bond acceptors (Lipinski definition) is 3. The first-order valence-corrected chi connectivity index (χ1v) is 6.63. The molecule has 1 aromatic rings. The summed E-state index contributed by atoms with van der Waals surface area (Å²) in [5, 5.41) is 0. The number of Topliss-reactive ketones (excluding diaryl/α,β-unsaturated/α-hetero) is 1. The van der Waals surface area contributed by atoms with Gasteiger partial charge < -0.3 is 14.3 Å². The molecular weight excluding hydrogens is 228 g/mol. The number of benzene rings is 1. The van der Waals surface area contributed by atoms with Crippen LogP contribution in [0.4, 0.5) is 0 Å². The van der Waals surface area contributed by atoms with Crippen molar-refractivity contribution in [3.05, 3.63) is 23.8 Å². The van der Waals surface area contributed by atoms with Crippen molar-refractivity contribution in [3.8, 4) is 11.5 Å². The van der Waals surface area contributed by atoms with E-state index < -0.39 is 0 Å². The Hall–Kier alpha value is -1.51. The van der Waals surface area contributed by atoms with Crippen molar-refractivity contribution in [2.45, 2.75) is 45.4 Å². The minimum absolute atomic E-state index is 0.297. The fourth-order valence-corrected chi connectivity index (χ4v) is 2.15. The fourth-order valence-electron chi connectivity index (χ4n) is 2.15. The van der Waals surface area contributed by atoms with Crippen molar-refractivity contribution >= 4 is 5.78 Å². The smallest absolute Gasteiger partial charge is 0.231 e. The average molecular weight is 248 g/mol. The Morgan fingerprint density at radius 2 is 1.89 bits per heavy atom. The van der Waals surface area contributed by atoms with Gasteiger partial charge in [0.2, 0.25) is 6.79 Å². The Bertz CT molecular complexity index is 412. The molecule has 1 aliphatic rings. The van der Waals surface area contributed by atoms with E-state index in [-0.39, 0.29) is 0 Å². The molecule has 0 unspecified atom stereocenters. The van der Waals surface area contributed by atoms with Crippen LogP contribution in [0.15, 0.2) is 18.2 Å². The summed E-state index contributed by atoms with van der Waals surface area (Å²) >= 11 is 0. The lowest BCUT2D eigenvalue weighted by molar-refractivity contribution is -0.117. The Labute approximate surface area is 108 Å². The number of aryl methyl sites for hydroxylation is 1.